The van der Waals surface area contributed by atoms with Crippen LogP contribution in [0, 0.1) is 5.92 Å². The summed E-state index contributed by atoms with van der Waals surface area (Å²) in [6, 6.07) is 0. The van der Waals surface area contributed by atoms with Gasteiger partial charge in [-0.05, 0) is 12.8 Å². The lowest BCUT2D eigenvalue weighted by Crippen LogP contribution is -2.22. The molecule has 6 nitrogen and oxygen atoms in total. The van der Waals surface area contributed by atoms with Gasteiger partial charge in [0.25, 0.3) is 0 Å². The zero-order valence-electron chi connectivity index (χ0n) is 10.4. The predicted octanol–water partition coefficient (Wildman–Crippen LogP) is 0.936. The SMILES string of the molecule is Cn1cc2c(NCC3CCCC3O)ncnc2n1. The summed E-state index contributed by atoms with van der Waals surface area (Å²) < 4.78 is 1.73. The van der Waals surface area contributed by atoms with Crippen molar-refractivity contribution >= 4 is 16.9 Å². The van der Waals surface area contributed by atoms with E-state index in [1.807, 2.05) is 13.2 Å². The van der Waals surface area contributed by atoms with Crippen LogP contribution in [0.15, 0.2) is 12.5 Å². The molecule has 2 heterocycles. The fourth-order valence-corrected chi connectivity index (χ4v) is 2.57. The van der Waals surface area contributed by atoms with Crippen LogP contribution in [-0.4, -0.2) is 37.5 Å². The smallest absolute Gasteiger partial charge is 0.186 e. The van der Waals surface area contributed by atoms with E-state index in [9.17, 15) is 5.11 Å². The summed E-state index contributed by atoms with van der Waals surface area (Å²) in [5, 5.41) is 18.3. The molecular weight excluding hydrogens is 230 g/mol. The van der Waals surface area contributed by atoms with E-state index < -0.39 is 0 Å². The highest BCUT2D eigenvalue weighted by molar-refractivity contribution is 5.85. The molecule has 1 aliphatic rings. The first-order chi connectivity index (χ1) is 8.74. The molecule has 0 saturated heterocycles. The lowest BCUT2D eigenvalue weighted by molar-refractivity contribution is 0.138. The molecule has 2 unspecified atom stereocenters. The molecule has 1 aliphatic carbocycles. The van der Waals surface area contributed by atoms with Crippen molar-refractivity contribution in [2.75, 3.05) is 11.9 Å². The van der Waals surface area contributed by atoms with Crippen LogP contribution in [0.1, 0.15) is 19.3 Å². The van der Waals surface area contributed by atoms with E-state index in [2.05, 4.69) is 20.4 Å². The molecule has 18 heavy (non-hydrogen) atoms. The van der Waals surface area contributed by atoms with E-state index in [-0.39, 0.29) is 6.10 Å². The number of hydrogen-bond donors (Lipinski definition) is 2. The minimum Gasteiger partial charge on any atom is -0.393 e. The third kappa shape index (κ3) is 2.03. The third-order valence-electron chi connectivity index (χ3n) is 3.58. The molecular formula is C12H17N5O. The Morgan fingerprint density at radius 1 is 1.44 bits per heavy atom. The molecule has 6 heteroatoms. The summed E-state index contributed by atoms with van der Waals surface area (Å²) in [4.78, 5) is 8.37. The number of rotatable bonds is 3. The summed E-state index contributed by atoms with van der Waals surface area (Å²) in [6.45, 7) is 0.752. The van der Waals surface area contributed by atoms with Crippen molar-refractivity contribution in [3.63, 3.8) is 0 Å². The maximum Gasteiger partial charge on any atom is 0.186 e. The lowest BCUT2D eigenvalue weighted by Gasteiger charge is -2.15. The summed E-state index contributed by atoms with van der Waals surface area (Å²) in [7, 11) is 1.87. The van der Waals surface area contributed by atoms with Gasteiger partial charge < -0.3 is 10.4 Å². The highest BCUT2D eigenvalue weighted by atomic mass is 16.3. The Kier molecular flexibility index (Phi) is 2.87. The number of aryl methyl sites for hydroxylation is 1. The van der Waals surface area contributed by atoms with Crippen molar-refractivity contribution in [2.24, 2.45) is 13.0 Å². The Hall–Kier alpha value is -1.69. The number of fused-ring (bicyclic) bond motifs is 1. The van der Waals surface area contributed by atoms with Gasteiger partial charge in [0, 0.05) is 25.7 Å². The molecule has 2 aromatic rings. The number of aliphatic hydroxyl groups is 1. The van der Waals surface area contributed by atoms with E-state index in [1.165, 1.54) is 6.33 Å². The molecule has 0 radical (unpaired) electrons. The minimum absolute atomic E-state index is 0.177. The number of hydrogen-bond acceptors (Lipinski definition) is 5. The molecule has 1 saturated carbocycles. The average molecular weight is 247 g/mol. The maximum absolute atomic E-state index is 9.80. The average Bonchev–Trinajstić information content (AvgIpc) is 2.91. The second-order valence-electron chi connectivity index (χ2n) is 4.90. The fourth-order valence-electron chi connectivity index (χ4n) is 2.57. The molecule has 0 aliphatic heterocycles. The number of nitrogens with one attached hydrogen (secondary N) is 1. The highest BCUT2D eigenvalue weighted by Crippen LogP contribution is 2.26. The number of nitrogens with zero attached hydrogens (tertiary/aromatic N) is 4. The fraction of sp³-hybridized carbons (Fsp3) is 0.583. The Morgan fingerprint density at radius 3 is 3.11 bits per heavy atom. The van der Waals surface area contributed by atoms with E-state index in [0.29, 0.717) is 11.6 Å². The Labute approximate surface area is 105 Å². The first-order valence-corrected chi connectivity index (χ1v) is 6.30. The van der Waals surface area contributed by atoms with Gasteiger partial charge in [-0.2, -0.15) is 5.10 Å². The second kappa shape index (κ2) is 4.53. The van der Waals surface area contributed by atoms with Crippen molar-refractivity contribution in [3.05, 3.63) is 12.5 Å². The molecule has 0 spiro atoms. The van der Waals surface area contributed by atoms with Crippen LogP contribution in [-0.2, 0) is 7.05 Å². The van der Waals surface area contributed by atoms with Gasteiger partial charge in [0.1, 0.15) is 12.1 Å². The van der Waals surface area contributed by atoms with Gasteiger partial charge in [-0.1, -0.05) is 6.42 Å². The molecule has 2 N–H and O–H groups in total. The second-order valence-corrected chi connectivity index (χ2v) is 4.90. The van der Waals surface area contributed by atoms with Crippen LogP contribution >= 0.6 is 0 Å². The van der Waals surface area contributed by atoms with Crippen LogP contribution < -0.4 is 5.32 Å². The standard InChI is InChI=1S/C12H17N5O/c1-17-6-9-11(14-7-15-12(9)16-17)13-5-8-3-2-4-10(8)18/h6-8,10,18H,2-5H2,1H3,(H,13,14,15,16). The normalized spacial score (nSPS) is 23.7. The molecule has 0 aromatic carbocycles. The molecule has 2 atom stereocenters. The number of aliphatic hydroxyl groups excluding tert-OH is 1. The summed E-state index contributed by atoms with van der Waals surface area (Å²) in [5.41, 5.74) is 0.696. The zero-order chi connectivity index (χ0) is 12.5. The zero-order valence-corrected chi connectivity index (χ0v) is 10.4. The van der Waals surface area contributed by atoms with Crippen molar-refractivity contribution in [1.29, 1.82) is 0 Å². The van der Waals surface area contributed by atoms with Crippen LogP contribution in [0.2, 0.25) is 0 Å². The first kappa shape index (κ1) is 11.4. The topological polar surface area (TPSA) is 75.9 Å². The monoisotopic (exact) mass is 247 g/mol. The van der Waals surface area contributed by atoms with E-state index in [0.717, 1.165) is 37.0 Å². The van der Waals surface area contributed by atoms with Crippen molar-refractivity contribution in [1.82, 2.24) is 19.7 Å². The molecule has 2 aromatic heterocycles. The van der Waals surface area contributed by atoms with E-state index >= 15 is 0 Å². The van der Waals surface area contributed by atoms with Crippen molar-refractivity contribution in [2.45, 2.75) is 25.4 Å². The predicted molar refractivity (Wildman–Crippen MR) is 68.1 cm³/mol. The quantitative estimate of drug-likeness (QED) is 0.844. The van der Waals surface area contributed by atoms with Crippen molar-refractivity contribution < 1.29 is 5.11 Å². The number of anilines is 1. The van der Waals surface area contributed by atoms with Gasteiger partial charge in [-0.15, -0.1) is 0 Å². The molecule has 3 rings (SSSR count). The van der Waals surface area contributed by atoms with Crippen molar-refractivity contribution in [3.8, 4) is 0 Å². The van der Waals surface area contributed by atoms with Gasteiger partial charge in [-0.25, -0.2) is 9.97 Å². The van der Waals surface area contributed by atoms with Crippen LogP contribution in [0.3, 0.4) is 0 Å². The molecule has 0 bridgehead atoms. The lowest BCUT2D eigenvalue weighted by atomic mass is 10.1. The Morgan fingerprint density at radius 2 is 2.33 bits per heavy atom. The van der Waals surface area contributed by atoms with Crippen LogP contribution in [0.4, 0.5) is 5.82 Å². The van der Waals surface area contributed by atoms with Gasteiger partial charge >= 0.3 is 0 Å². The van der Waals surface area contributed by atoms with Crippen LogP contribution in [0.5, 0.6) is 0 Å². The van der Waals surface area contributed by atoms with Gasteiger partial charge in [0.15, 0.2) is 5.65 Å². The largest absolute Gasteiger partial charge is 0.393 e. The minimum atomic E-state index is -0.177. The van der Waals surface area contributed by atoms with Gasteiger partial charge in [0.05, 0.1) is 11.5 Å². The van der Waals surface area contributed by atoms with Crippen LogP contribution in [0.25, 0.3) is 11.0 Å². The Bertz CT molecular complexity index is 552. The van der Waals surface area contributed by atoms with Gasteiger partial charge in [0.2, 0.25) is 0 Å². The summed E-state index contributed by atoms with van der Waals surface area (Å²) in [5.74, 6) is 1.12. The Balaban J connectivity index is 1.78. The molecule has 96 valence electrons. The first-order valence-electron chi connectivity index (χ1n) is 6.30. The maximum atomic E-state index is 9.80. The molecule has 0 amide bonds. The van der Waals surface area contributed by atoms with E-state index in [1.54, 1.807) is 4.68 Å². The third-order valence-corrected chi connectivity index (χ3v) is 3.58. The summed E-state index contributed by atoms with van der Waals surface area (Å²) in [6.07, 6.45) is 6.35. The van der Waals surface area contributed by atoms with E-state index in [4.69, 9.17) is 0 Å². The van der Waals surface area contributed by atoms with Gasteiger partial charge in [-0.3, -0.25) is 4.68 Å². The molecule has 1 fully saturated rings. The highest BCUT2D eigenvalue weighted by Gasteiger charge is 2.25. The number of aromatic nitrogens is 4. The summed E-state index contributed by atoms with van der Waals surface area (Å²) >= 11 is 0.